The first-order chi connectivity index (χ1) is 7.27. The molecule has 2 aromatic carbocycles. The Balaban J connectivity index is 2.83. The second kappa shape index (κ2) is 4.42. The molecule has 2 aromatic rings. The van der Waals surface area contributed by atoms with Gasteiger partial charge in [-0.3, -0.25) is 0 Å². The monoisotopic (exact) mass is 238 g/mol. The molecule has 0 heterocycles. The number of hydrogen-bond acceptors (Lipinski definition) is 0. The van der Waals surface area contributed by atoms with Crippen LogP contribution in [0.15, 0.2) is 30.3 Å². The van der Waals surface area contributed by atoms with E-state index in [-0.39, 0.29) is 0 Å². The molecule has 0 aliphatic carbocycles. The highest BCUT2D eigenvalue weighted by Gasteiger charge is 2.07. The Hall–Kier alpha value is -0.720. The van der Waals surface area contributed by atoms with Crippen molar-refractivity contribution < 1.29 is 0 Å². The Morgan fingerprint density at radius 2 is 1.80 bits per heavy atom. The van der Waals surface area contributed by atoms with Crippen LogP contribution in [0.3, 0.4) is 0 Å². The summed E-state index contributed by atoms with van der Waals surface area (Å²) in [5.41, 5.74) is 3.59. The summed E-state index contributed by atoms with van der Waals surface area (Å²) >= 11 is 11.9. The van der Waals surface area contributed by atoms with Gasteiger partial charge in [0.1, 0.15) is 0 Å². The van der Waals surface area contributed by atoms with E-state index in [1.54, 1.807) is 0 Å². The highest BCUT2D eigenvalue weighted by molar-refractivity contribution is 6.19. The third-order valence-corrected chi connectivity index (χ3v) is 3.38. The molecular formula is C13H12Cl2. The van der Waals surface area contributed by atoms with E-state index in [1.807, 2.05) is 12.1 Å². The Labute approximate surface area is 99.8 Å². The van der Waals surface area contributed by atoms with E-state index in [2.05, 4.69) is 25.1 Å². The average molecular weight is 239 g/mol. The Morgan fingerprint density at radius 3 is 2.47 bits per heavy atom. The van der Waals surface area contributed by atoms with Crippen LogP contribution in [0.5, 0.6) is 0 Å². The first-order valence-electron chi connectivity index (χ1n) is 4.90. The lowest BCUT2D eigenvalue weighted by molar-refractivity contribution is 1.25. The van der Waals surface area contributed by atoms with Crippen molar-refractivity contribution in [2.45, 2.75) is 18.7 Å². The summed E-state index contributed by atoms with van der Waals surface area (Å²) in [4.78, 5) is 0. The van der Waals surface area contributed by atoms with Gasteiger partial charge >= 0.3 is 0 Å². The van der Waals surface area contributed by atoms with E-state index in [1.165, 1.54) is 27.5 Å². The van der Waals surface area contributed by atoms with Gasteiger partial charge in [0.05, 0.1) is 0 Å². The van der Waals surface area contributed by atoms with Gasteiger partial charge in [-0.2, -0.15) is 0 Å². The fourth-order valence-electron chi connectivity index (χ4n) is 1.90. The Morgan fingerprint density at radius 1 is 1.07 bits per heavy atom. The molecule has 0 radical (unpaired) electrons. The third-order valence-electron chi connectivity index (χ3n) is 2.83. The van der Waals surface area contributed by atoms with E-state index in [0.717, 1.165) is 0 Å². The summed E-state index contributed by atoms with van der Waals surface area (Å²) in [6.45, 7) is 2.09. The standard InChI is InChI=1S/C13H12Cl2/c1-9-11(7-14)6-10-4-2-3-5-12(10)13(9)8-15/h2-6H,7-8H2,1H3. The van der Waals surface area contributed by atoms with Gasteiger partial charge in [-0.15, -0.1) is 23.2 Å². The number of rotatable bonds is 2. The maximum absolute atomic E-state index is 6.00. The van der Waals surface area contributed by atoms with Crippen molar-refractivity contribution in [1.82, 2.24) is 0 Å². The largest absolute Gasteiger partial charge is 0.122 e. The number of benzene rings is 2. The summed E-state index contributed by atoms with van der Waals surface area (Å²) in [6.07, 6.45) is 0. The smallest absolute Gasteiger partial charge is 0.0482 e. The minimum absolute atomic E-state index is 0.539. The zero-order chi connectivity index (χ0) is 10.8. The summed E-state index contributed by atoms with van der Waals surface area (Å²) in [6, 6.07) is 10.4. The van der Waals surface area contributed by atoms with Crippen LogP contribution >= 0.6 is 23.2 Å². The van der Waals surface area contributed by atoms with Crippen molar-refractivity contribution in [3.8, 4) is 0 Å². The highest BCUT2D eigenvalue weighted by Crippen LogP contribution is 2.27. The maximum atomic E-state index is 6.00. The molecule has 15 heavy (non-hydrogen) atoms. The number of fused-ring (bicyclic) bond motifs is 1. The van der Waals surface area contributed by atoms with Crippen LogP contribution in [0.2, 0.25) is 0 Å². The van der Waals surface area contributed by atoms with Crippen LogP contribution < -0.4 is 0 Å². The van der Waals surface area contributed by atoms with Crippen LogP contribution in [0.1, 0.15) is 16.7 Å². The second-order valence-electron chi connectivity index (χ2n) is 3.63. The molecule has 0 fully saturated rings. The van der Waals surface area contributed by atoms with E-state index < -0.39 is 0 Å². The topological polar surface area (TPSA) is 0 Å². The molecule has 0 saturated heterocycles. The first kappa shape index (κ1) is 10.8. The zero-order valence-electron chi connectivity index (χ0n) is 8.56. The summed E-state index contributed by atoms with van der Waals surface area (Å²) in [5.74, 6) is 1.08. The van der Waals surface area contributed by atoms with Crippen LogP contribution in [0.25, 0.3) is 10.8 Å². The fraction of sp³-hybridized carbons (Fsp3) is 0.231. The molecular weight excluding hydrogens is 227 g/mol. The molecule has 78 valence electrons. The van der Waals surface area contributed by atoms with Crippen molar-refractivity contribution in [2.75, 3.05) is 0 Å². The quantitative estimate of drug-likeness (QED) is 0.670. The number of alkyl halides is 2. The normalized spacial score (nSPS) is 10.9. The lowest BCUT2D eigenvalue weighted by Gasteiger charge is -2.11. The molecule has 0 unspecified atom stereocenters. The molecule has 0 aliphatic rings. The van der Waals surface area contributed by atoms with Gasteiger partial charge in [-0.25, -0.2) is 0 Å². The van der Waals surface area contributed by atoms with Crippen molar-refractivity contribution in [3.63, 3.8) is 0 Å². The average Bonchev–Trinajstić information content (AvgIpc) is 2.28. The predicted molar refractivity (Wildman–Crippen MR) is 67.8 cm³/mol. The molecule has 2 rings (SSSR count). The van der Waals surface area contributed by atoms with Gasteiger partial charge in [-0.1, -0.05) is 24.3 Å². The Kier molecular flexibility index (Phi) is 3.18. The molecule has 0 aromatic heterocycles. The van der Waals surface area contributed by atoms with E-state index >= 15 is 0 Å². The highest BCUT2D eigenvalue weighted by atomic mass is 35.5. The SMILES string of the molecule is Cc1c(CCl)cc2ccccc2c1CCl. The van der Waals surface area contributed by atoms with Gasteiger partial charge < -0.3 is 0 Å². The summed E-state index contributed by atoms with van der Waals surface area (Å²) < 4.78 is 0. The van der Waals surface area contributed by atoms with Crippen molar-refractivity contribution in [1.29, 1.82) is 0 Å². The number of halogens is 2. The van der Waals surface area contributed by atoms with Gasteiger partial charge in [-0.05, 0) is 40.5 Å². The molecule has 0 aliphatic heterocycles. The van der Waals surface area contributed by atoms with E-state index in [9.17, 15) is 0 Å². The fourth-order valence-corrected chi connectivity index (χ4v) is 2.52. The molecule has 0 N–H and O–H groups in total. The molecule has 0 atom stereocenters. The minimum Gasteiger partial charge on any atom is -0.122 e. The molecule has 0 amide bonds. The predicted octanol–water partition coefficient (Wildman–Crippen LogP) is 4.63. The number of hydrogen-bond donors (Lipinski definition) is 0. The zero-order valence-corrected chi connectivity index (χ0v) is 10.1. The summed E-state index contributed by atoms with van der Waals surface area (Å²) in [5, 5.41) is 2.45. The van der Waals surface area contributed by atoms with E-state index in [4.69, 9.17) is 23.2 Å². The maximum Gasteiger partial charge on any atom is 0.0482 e. The molecule has 0 saturated carbocycles. The van der Waals surface area contributed by atoms with Crippen LogP contribution in [-0.4, -0.2) is 0 Å². The van der Waals surface area contributed by atoms with Crippen molar-refractivity contribution in [2.24, 2.45) is 0 Å². The van der Waals surface area contributed by atoms with Gasteiger partial charge in [0.15, 0.2) is 0 Å². The third kappa shape index (κ3) is 1.84. The molecule has 0 spiro atoms. The second-order valence-corrected chi connectivity index (χ2v) is 4.16. The minimum atomic E-state index is 0.539. The molecule has 0 nitrogen and oxygen atoms in total. The van der Waals surface area contributed by atoms with Gasteiger partial charge in [0.25, 0.3) is 0 Å². The van der Waals surface area contributed by atoms with Gasteiger partial charge in [0, 0.05) is 11.8 Å². The van der Waals surface area contributed by atoms with Crippen molar-refractivity contribution in [3.05, 3.63) is 47.0 Å². The molecule has 0 bridgehead atoms. The van der Waals surface area contributed by atoms with Crippen LogP contribution in [0.4, 0.5) is 0 Å². The Bertz CT molecular complexity index is 489. The van der Waals surface area contributed by atoms with Crippen molar-refractivity contribution >= 4 is 34.0 Å². The van der Waals surface area contributed by atoms with E-state index in [0.29, 0.717) is 11.8 Å². The van der Waals surface area contributed by atoms with Crippen LogP contribution in [-0.2, 0) is 11.8 Å². The lowest BCUT2D eigenvalue weighted by Crippen LogP contribution is -1.93. The van der Waals surface area contributed by atoms with Gasteiger partial charge in [0.2, 0.25) is 0 Å². The van der Waals surface area contributed by atoms with Crippen LogP contribution in [0, 0.1) is 6.92 Å². The lowest BCUT2D eigenvalue weighted by atomic mass is 9.97. The summed E-state index contributed by atoms with van der Waals surface area (Å²) in [7, 11) is 0. The first-order valence-corrected chi connectivity index (χ1v) is 5.97. The molecule has 2 heteroatoms.